The maximum atomic E-state index is 12.5. The van der Waals surface area contributed by atoms with Crippen LogP contribution >= 0.6 is 0 Å². The number of amides is 1. The minimum atomic E-state index is -0.139. The Balaban J connectivity index is 1.44. The quantitative estimate of drug-likeness (QED) is 0.359. The Labute approximate surface area is 194 Å². The molecule has 1 amide bonds. The highest BCUT2D eigenvalue weighted by Crippen LogP contribution is 2.27. The minimum Gasteiger partial charge on any atom is -0.493 e. The number of carbonyl (C=O) groups excluding carboxylic acids is 1. The smallest absolute Gasteiger partial charge is 0.251 e. The molecule has 6 heteroatoms. The Morgan fingerprint density at radius 3 is 2.67 bits per heavy atom. The number of nitrogens with one attached hydrogen (secondary N) is 1. The van der Waals surface area contributed by atoms with Gasteiger partial charge in [-0.05, 0) is 60.7 Å². The lowest BCUT2D eigenvalue weighted by atomic mass is 10.0. The summed E-state index contributed by atoms with van der Waals surface area (Å²) in [6.45, 7) is 8.17. The van der Waals surface area contributed by atoms with Crippen molar-refractivity contribution in [1.29, 1.82) is 0 Å². The average molecular weight is 443 g/mol. The number of aryl methyl sites for hydroxylation is 2. The van der Waals surface area contributed by atoms with Crippen LogP contribution in [0.3, 0.4) is 0 Å². The molecule has 4 aromatic rings. The number of hydrogen-bond donors (Lipinski definition) is 1. The molecule has 0 bridgehead atoms. The topological polar surface area (TPSA) is 69.0 Å². The molecule has 6 nitrogen and oxygen atoms in total. The van der Waals surface area contributed by atoms with Crippen LogP contribution in [0.2, 0.25) is 0 Å². The third-order valence-electron chi connectivity index (χ3n) is 5.66. The first-order valence-electron chi connectivity index (χ1n) is 11.4. The first kappa shape index (κ1) is 22.5. The number of benzene rings is 2. The molecule has 0 aliphatic carbocycles. The largest absolute Gasteiger partial charge is 0.493 e. The maximum absolute atomic E-state index is 12.5. The second kappa shape index (κ2) is 10.3. The van der Waals surface area contributed by atoms with Crippen molar-refractivity contribution in [3.05, 3.63) is 89.5 Å². The van der Waals surface area contributed by atoms with E-state index in [-0.39, 0.29) is 5.91 Å². The van der Waals surface area contributed by atoms with Crippen molar-refractivity contribution in [3.8, 4) is 5.75 Å². The van der Waals surface area contributed by atoms with Crippen LogP contribution < -0.4 is 10.1 Å². The van der Waals surface area contributed by atoms with E-state index in [9.17, 15) is 4.79 Å². The Bertz CT molecular complexity index is 1230. The molecule has 1 N–H and O–H groups in total. The number of carbonyl (C=O) groups is 1. The van der Waals surface area contributed by atoms with Crippen LogP contribution in [0.1, 0.15) is 53.5 Å². The summed E-state index contributed by atoms with van der Waals surface area (Å²) in [5.41, 5.74) is 4.99. The molecule has 4 rings (SSSR count). The third kappa shape index (κ3) is 5.40. The van der Waals surface area contributed by atoms with Crippen molar-refractivity contribution in [2.24, 2.45) is 0 Å². The molecule has 0 unspecified atom stereocenters. The van der Waals surface area contributed by atoms with Crippen molar-refractivity contribution in [2.45, 2.75) is 46.2 Å². The van der Waals surface area contributed by atoms with Crippen molar-refractivity contribution in [3.63, 3.8) is 0 Å². The van der Waals surface area contributed by atoms with Gasteiger partial charge in [0.2, 0.25) is 0 Å². The second-order valence-electron chi connectivity index (χ2n) is 8.48. The number of aromatic nitrogens is 3. The van der Waals surface area contributed by atoms with E-state index in [0.29, 0.717) is 24.6 Å². The molecule has 0 saturated carbocycles. The molecule has 0 aliphatic heterocycles. The van der Waals surface area contributed by atoms with E-state index in [0.717, 1.165) is 35.6 Å². The van der Waals surface area contributed by atoms with Gasteiger partial charge in [-0.1, -0.05) is 38.1 Å². The van der Waals surface area contributed by atoms with E-state index in [2.05, 4.69) is 59.9 Å². The van der Waals surface area contributed by atoms with Crippen LogP contribution in [-0.4, -0.2) is 27.0 Å². The molecule has 2 aromatic carbocycles. The van der Waals surface area contributed by atoms with Crippen LogP contribution in [0.4, 0.5) is 0 Å². The first-order chi connectivity index (χ1) is 16.0. The normalized spacial score (nSPS) is 11.2. The lowest BCUT2D eigenvalue weighted by molar-refractivity contribution is 0.0949. The average Bonchev–Trinajstić information content (AvgIpc) is 3.18. The van der Waals surface area contributed by atoms with E-state index in [1.165, 1.54) is 11.1 Å². The summed E-state index contributed by atoms with van der Waals surface area (Å²) in [7, 11) is 0. The van der Waals surface area contributed by atoms with Gasteiger partial charge >= 0.3 is 0 Å². The van der Waals surface area contributed by atoms with Gasteiger partial charge in [0.05, 0.1) is 24.2 Å². The standard InChI is InChI=1S/C27H30N4O2/c1-19(2)22-10-9-20(3)17-25(22)33-16-6-15-31-24-8-5-4-7-23(24)30-26(31)18-29-27(32)21-11-13-28-14-12-21/h4-5,7-14,17,19H,6,15-16,18H2,1-3H3,(H,29,32). The summed E-state index contributed by atoms with van der Waals surface area (Å²) in [5, 5.41) is 2.98. The molecule has 0 fully saturated rings. The van der Waals surface area contributed by atoms with Gasteiger partial charge in [-0.25, -0.2) is 4.98 Å². The zero-order valence-corrected chi connectivity index (χ0v) is 19.4. The van der Waals surface area contributed by atoms with E-state index >= 15 is 0 Å². The Kier molecular flexibility index (Phi) is 7.03. The molecule has 2 heterocycles. The number of nitrogens with zero attached hydrogens (tertiary/aromatic N) is 3. The fraction of sp³-hybridized carbons (Fsp3) is 0.296. The molecular weight excluding hydrogens is 412 g/mol. The van der Waals surface area contributed by atoms with Crippen LogP contribution in [0.25, 0.3) is 11.0 Å². The molecule has 0 radical (unpaired) electrons. The number of pyridine rings is 1. The molecule has 33 heavy (non-hydrogen) atoms. The first-order valence-corrected chi connectivity index (χ1v) is 11.4. The van der Waals surface area contributed by atoms with Gasteiger partial charge in [-0.3, -0.25) is 9.78 Å². The molecule has 0 saturated heterocycles. The molecule has 2 aromatic heterocycles. The van der Waals surface area contributed by atoms with Crippen molar-refractivity contribution in [1.82, 2.24) is 19.9 Å². The minimum absolute atomic E-state index is 0.139. The highest BCUT2D eigenvalue weighted by Gasteiger charge is 2.13. The van der Waals surface area contributed by atoms with Crippen LogP contribution in [0, 0.1) is 6.92 Å². The van der Waals surface area contributed by atoms with Crippen molar-refractivity contribution >= 4 is 16.9 Å². The van der Waals surface area contributed by atoms with E-state index < -0.39 is 0 Å². The van der Waals surface area contributed by atoms with Gasteiger partial charge in [-0.2, -0.15) is 0 Å². The molecule has 0 atom stereocenters. The highest BCUT2D eigenvalue weighted by atomic mass is 16.5. The van der Waals surface area contributed by atoms with Crippen molar-refractivity contribution < 1.29 is 9.53 Å². The predicted octanol–water partition coefficient (Wildman–Crippen LogP) is 5.26. The molecule has 170 valence electrons. The SMILES string of the molecule is Cc1ccc(C(C)C)c(OCCCn2c(CNC(=O)c3ccncc3)nc3ccccc32)c1. The Morgan fingerprint density at radius 1 is 1.09 bits per heavy atom. The summed E-state index contributed by atoms with van der Waals surface area (Å²) in [6, 6.07) is 17.9. The number of imidazole rings is 1. The Hall–Kier alpha value is -3.67. The van der Waals surface area contributed by atoms with E-state index in [1.807, 2.05) is 18.2 Å². The van der Waals surface area contributed by atoms with Gasteiger partial charge in [0.1, 0.15) is 11.6 Å². The summed E-state index contributed by atoms with van der Waals surface area (Å²) in [6.07, 6.45) is 4.06. The van der Waals surface area contributed by atoms with Gasteiger partial charge in [0, 0.05) is 24.5 Å². The zero-order chi connectivity index (χ0) is 23.2. The van der Waals surface area contributed by atoms with Crippen LogP contribution in [0.15, 0.2) is 67.0 Å². The van der Waals surface area contributed by atoms with Crippen LogP contribution in [-0.2, 0) is 13.1 Å². The lowest BCUT2D eigenvalue weighted by Crippen LogP contribution is -2.25. The van der Waals surface area contributed by atoms with Gasteiger partial charge in [0.25, 0.3) is 5.91 Å². The predicted molar refractivity (Wildman–Crippen MR) is 131 cm³/mol. The lowest BCUT2D eigenvalue weighted by Gasteiger charge is -2.15. The number of para-hydroxylation sites is 2. The fourth-order valence-electron chi connectivity index (χ4n) is 3.92. The molecule has 0 aliphatic rings. The van der Waals surface area contributed by atoms with E-state index in [1.54, 1.807) is 24.5 Å². The Morgan fingerprint density at radius 2 is 1.88 bits per heavy atom. The van der Waals surface area contributed by atoms with Gasteiger partial charge in [-0.15, -0.1) is 0 Å². The van der Waals surface area contributed by atoms with E-state index in [4.69, 9.17) is 9.72 Å². The van der Waals surface area contributed by atoms with Gasteiger partial charge < -0.3 is 14.6 Å². The number of ether oxygens (including phenoxy) is 1. The number of hydrogen-bond acceptors (Lipinski definition) is 4. The molecule has 0 spiro atoms. The van der Waals surface area contributed by atoms with Crippen molar-refractivity contribution in [2.75, 3.05) is 6.61 Å². The highest BCUT2D eigenvalue weighted by molar-refractivity contribution is 5.93. The fourth-order valence-corrected chi connectivity index (χ4v) is 3.92. The molecular formula is C27H30N4O2. The summed E-state index contributed by atoms with van der Waals surface area (Å²) in [5.74, 6) is 2.07. The monoisotopic (exact) mass is 442 g/mol. The maximum Gasteiger partial charge on any atom is 0.251 e. The summed E-state index contributed by atoms with van der Waals surface area (Å²) >= 11 is 0. The van der Waals surface area contributed by atoms with Crippen LogP contribution in [0.5, 0.6) is 5.75 Å². The summed E-state index contributed by atoms with van der Waals surface area (Å²) < 4.78 is 8.35. The van der Waals surface area contributed by atoms with Gasteiger partial charge in [0.15, 0.2) is 0 Å². The zero-order valence-electron chi connectivity index (χ0n) is 19.4. The number of fused-ring (bicyclic) bond motifs is 1. The second-order valence-corrected chi connectivity index (χ2v) is 8.48. The third-order valence-corrected chi connectivity index (χ3v) is 5.66. The summed E-state index contributed by atoms with van der Waals surface area (Å²) in [4.78, 5) is 21.2. The number of rotatable bonds is 9.